The van der Waals surface area contributed by atoms with Gasteiger partial charge in [-0.1, -0.05) is 13.8 Å². The van der Waals surface area contributed by atoms with Crippen molar-refractivity contribution in [3.63, 3.8) is 0 Å². The topological polar surface area (TPSA) is 89.9 Å². The quantitative estimate of drug-likeness (QED) is 0.675. The molecule has 1 heterocycles. The van der Waals surface area contributed by atoms with E-state index in [1.807, 2.05) is 0 Å². The van der Waals surface area contributed by atoms with Gasteiger partial charge in [-0.3, -0.25) is 0 Å². The summed E-state index contributed by atoms with van der Waals surface area (Å²) in [5.74, 6) is -0.840. The summed E-state index contributed by atoms with van der Waals surface area (Å²) < 4.78 is 0. The summed E-state index contributed by atoms with van der Waals surface area (Å²) >= 11 is 0. The molecule has 1 aliphatic rings. The van der Waals surface area contributed by atoms with Crippen LogP contribution in [0.15, 0.2) is 0 Å². The molecule has 1 aliphatic heterocycles. The average Bonchev–Trinajstić information content (AvgIpc) is 2.77. The van der Waals surface area contributed by atoms with Gasteiger partial charge in [0.2, 0.25) is 0 Å². The molecule has 3 N–H and O–H groups in total. The number of nitrogens with one attached hydrogen (secondary N) is 1. The number of aliphatic carboxylic acids is 1. The number of carboxylic acids is 1. The monoisotopic (exact) mass is 258 g/mol. The Labute approximate surface area is 107 Å². The minimum atomic E-state index is -1.41. The second-order valence-electron chi connectivity index (χ2n) is 5.02. The lowest BCUT2D eigenvalue weighted by Crippen LogP contribution is -2.45. The Kier molecular flexibility index (Phi) is 5.40. The number of aliphatic hydroxyl groups excluding tert-OH is 1. The molecule has 2 unspecified atom stereocenters. The number of rotatable bonds is 5. The molecule has 2 amide bonds. The fourth-order valence-electron chi connectivity index (χ4n) is 2.28. The maximum absolute atomic E-state index is 11.9. The molecular weight excluding hydrogens is 236 g/mol. The molecule has 0 saturated carbocycles. The van der Waals surface area contributed by atoms with Crippen LogP contribution in [0.5, 0.6) is 0 Å². The van der Waals surface area contributed by atoms with Crippen LogP contribution < -0.4 is 5.32 Å². The van der Waals surface area contributed by atoms with Crippen molar-refractivity contribution in [3.8, 4) is 0 Å². The molecule has 18 heavy (non-hydrogen) atoms. The molecule has 2 atom stereocenters. The zero-order valence-electron chi connectivity index (χ0n) is 10.9. The molecule has 0 bridgehead atoms. The highest BCUT2D eigenvalue weighted by atomic mass is 16.4. The number of hydrogen-bond donors (Lipinski definition) is 3. The van der Waals surface area contributed by atoms with E-state index < -0.39 is 12.1 Å². The van der Waals surface area contributed by atoms with Crippen LogP contribution >= 0.6 is 0 Å². The molecule has 1 saturated heterocycles. The average molecular weight is 258 g/mol. The van der Waals surface area contributed by atoms with Crippen molar-refractivity contribution in [1.29, 1.82) is 0 Å². The fraction of sp³-hybridized carbons (Fsp3) is 0.833. The van der Waals surface area contributed by atoms with E-state index in [1.54, 1.807) is 4.90 Å². The predicted molar refractivity (Wildman–Crippen MR) is 66.2 cm³/mol. The van der Waals surface area contributed by atoms with Gasteiger partial charge in [-0.2, -0.15) is 0 Å². The Balaban J connectivity index is 2.34. The Morgan fingerprint density at radius 1 is 1.44 bits per heavy atom. The smallest absolute Gasteiger partial charge is 0.332 e. The molecule has 0 aromatic rings. The second-order valence-corrected chi connectivity index (χ2v) is 5.02. The molecule has 6 nitrogen and oxygen atoms in total. The number of carboxylic acid groups (broad SMARTS) is 1. The van der Waals surface area contributed by atoms with Gasteiger partial charge in [-0.15, -0.1) is 0 Å². The maximum atomic E-state index is 11.9. The van der Waals surface area contributed by atoms with Gasteiger partial charge >= 0.3 is 12.0 Å². The number of nitrogens with zero attached hydrogens (tertiary/aromatic N) is 1. The van der Waals surface area contributed by atoms with Crippen LogP contribution in [0.2, 0.25) is 0 Å². The largest absolute Gasteiger partial charge is 0.479 e. The first-order valence-corrected chi connectivity index (χ1v) is 6.38. The number of urea groups is 1. The van der Waals surface area contributed by atoms with E-state index in [-0.39, 0.29) is 25.0 Å². The van der Waals surface area contributed by atoms with E-state index in [9.17, 15) is 9.59 Å². The zero-order valence-corrected chi connectivity index (χ0v) is 10.9. The maximum Gasteiger partial charge on any atom is 0.332 e. The van der Waals surface area contributed by atoms with Crippen molar-refractivity contribution in [2.24, 2.45) is 5.92 Å². The number of amides is 2. The fourth-order valence-corrected chi connectivity index (χ4v) is 2.28. The third-order valence-corrected chi connectivity index (χ3v) is 3.31. The van der Waals surface area contributed by atoms with Crippen molar-refractivity contribution < 1.29 is 19.8 Å². The molecule has 6 heteroatoms. The highest BCUT2D eigenvalue weighted by molar-refractivity contribution is 5.75. The normalized spacial score (nSPS) is 21.1. The minimum absolute atomic E-state index is 0.0290. The van der Waals surface area contributed by atoms with Gasteiger partial charge < -0.3 is 20.4 Å². The SMILES string of the molecule is CC(C)C1CCCN1C(=O)NCCC(O)C(=O)O. The Bertz CT molecular complexity index is 306. The Hall–Kier alpha value is -1.30. The molecular formula is C12H22N2O4. The summed E-state index contributed by atoms with van der Waals surface area (Å²) in [7, 11) is 0. The summed E-state index contributed by atoms with van der Waals surface area (Å²) in [5.41, 5.74) is 0. The molecule has 104 valence electrons. The third kappa shape index (κ3) is 3.87. The van der Waals surface area contributed by atoms with E-state index in [4.69, 9.17) is 10.2 Å². The van der Waals surface area contributed by atoms with Gasteiger partial charge in [0.05, 0.1) is 0 Å². The molecule has 0 aromatic heterocycles. The van der Waals surface area contributed by atoms with E-state index in [2.05, 4.69) is 19.2 Å². The lowest BCUT2D eigenvalue weighted by molar-refractivity contribution is -0.146. The van der Waals surface area contributed by atoms with Gasteiger partial charge in [0.15, 0.2) is 6.10 Å². The zero-order chi connectivity index (χ0) is 13.7. The first-order valence-electron chi connectivity index (χ1n) is 6.38. The Morgan fingerprint density at radius 2 is 2.11 bits per heavy atom. The number of hydrogen-bond acceptors (Lipinski definition) is 3. The van der Waals surface area contributed by atoms with Gasteiger partial charge in [-0.05, 0) is 18.8 Å². The number of aliphatic hydroxyl groups is 1. The molecule has 1 fully saturated rings. The van der Waals surface area contributed by atoms with Crippen LogP contribution in [0, 0.1) is 5.92 Å². The summed E-state index contributed by atoms with van der Waals surface area (Å²) in [6, 6.07) is 0.0955. The number of likely N-dealkylation sites (tertiary alicyclic amines) is 1. The van der Waals surface area contributed by atoms with E-state index in [1.165, 1.54) is 0 Å². The van der Waals surface area contributed by atoms with Crippen LogP contribution in [0.25, 0.3) is 0 Å². The highest BCUT2D eigenvalue weighted by Crippen LogP contribution is 2.23. The summed E-state index contributed by atoms with van der Waals surface area (Å²) in [6.07, 6.45) is 0.641. The molecule has 0 aromatic carbocycles. The van der Waals surface area contributed by atoms with E-state index in [0.29, 0.717) is 5.92 Å². The molecule has 1 rings (SSSR count). The van der Waals surface area contributed by atoms with Crippen molar-refractivity contribution in [2.75, 3.05) is 13.1 Å². The first-order chi connectivity index (χ1) is 8.43. The van der Waals surface area contributed by atoms with Crippen LogP contribution in [-0.2, 0) is 4.79 Å². The van der Waals surface area contributed by atoms with E-state index >= 15 is 0 Å². The highest BCUT2D eigenvalue weighted by Gasteiger charge is 2.30. The van der Waals surface area contributed by atoms with Crippen LogP contribution in [-0.4, -0.2) is 52.3 Å². The second kappa shape index (κ2) is 6.58. The van der Waals surface area contributed by atoms with Crippen molar-refractivity contribution in [3.05, 3.63) is 0 Å². The van der Waals surface area contributed by atoms with E-state index in [0.717, 1.165) is 19.4 Å². The molecule has 0 radical (unpaired) electrons. The molecule has 0 aliphatic carbocycles. The third-order valence-electron chi connectivity index (χ3n) is 3.31. The standard InChI is InChI=1S/C12H22N2O4/c1-8(2)9-4-3-7-14(9)12(18)13-6-5-10(15)11(16)17/h8-10,15H,3-7H2,1-2H3,(H,13,18)(H,16,17). The van der Waals surface area contributed by atoms with Crippen molar-refractivity contribution in [1.82, 2.24) is 10.2 Å². The Morgan fingerprint density at radius 3 is 2.67 bits per heavy atom. The lowest BCUT2D eigenvalue weighted by Gasteiger charge is -2.27. The summed E-state index contributed by atoms with van der Waals surface area (Å²) in [5, 5.41) is 20.2. The lowest BCUT2D eigenvalue weighted by atomic mass is 10.0. The van der Waals surface area contributed by atoms with Gasteiger partial charge in [0.1, 0.15) is 0 Å². The first kappa shape index (κ1) is 14.8. The number of carbonyl (C=O) groups is 2. The van der Waals surface area contributed by atoms with Crippen LogP contribution in [0.1, 0.15) is 33.1 Å². The van der Waals surface area contributed by atoms with Gasteiger partial charge in [0, 0.05) is 25.6 Å². The summed E-state index contributed by atoms with van der Waals surface area (Å²) in [4.78, 5) is 24.1. The van der Waals surface area contributed by atoms with Crippen LogP contribution in [0.3, 0.4) is 0 Å². The predicted octanol–water partition coefficient (Wildman–Crippen LogP) is 0.652. The van der Waals surface area contributed by atoms with Gasteiger partial charge in [0.25, 0.3) is 0 Å². The minimum Gasteiger partial charge on any atom is -0.479 e. The van der Waals surface area contributed by atoms with Crippen LogP contribution in [0.4, 0.5) is 4.79 Å². The van der Waals surface area contributed by atoms with Crippen molar-refractivity contribution in [2.45, 2.75) is 45.3 Å². The van der Waals surface area contributed by atoms with Gasteiger partial charge in [-0.25, -0.2) is 9.59 Å². The number of carbonyl (C=O) groups excluding carboxylic acids is 1. The van der Waals surface area contributed by atoms with Crippen molar-refractivity contribution >= 4 is 12.0 Å². The molecule has 0 spiro atoms. The summed E-state index contributed by atoms with van der Waals surface area (Å²) in [6.45, 7) is 5.10.